The van der Waals surface area contributed by atoms with Crippen molar-refractivity contribution in [3.05, 3.63) is 58.1 Å². The number of amides is 2. The monoisotopic (exact) mass is 442 g/mol. The minimum absolute atomic E-state index is 0.0291. The lowest BCUT2D eigenvalue weighted by Gasteiger charge is -2.19. The highest BCUT2D eigenvalue weighted by atomic mass is 35.5. The van der Waals surface area contributed by atoms with Gasteiger partial charge < -0.3 is 10.2 Å². The third kappa shape index (κ3) is 5.47. The minimum Gasteiger partial charge on any atom is -0.332 e. The Kier molecular flexibility index (Phi) is 7.46. The summed E-state index contributed by atoms with van der Waals surface area (Å²) in [6.07, 6.45) is 0.437. The molecular formula is C19H20Cl2N2O4S. The van der Waals surface area contributed by atoms with E-state index in [0.29, 0.717) is 22.2 Å². The maximum atomic E-state index is 12.7. The van der Waals surface area contributed by atoms with Crippen LogP contribution in [-0.2, 0) is 14.6 Å². The minimum atomic E-state index is -3.58. The van der Waals surface area contributed by atoms with E-state index in [0.717, 1.165) is 4.90 Å². The molecule has 0 aliphatic heterocycles. The highest BCUT2D eigenvalue weighted by Crippen LogP contribution is 2.25. The molecular weight excluding hydrogens is 423 g/mol. The normalized spacial score (nSPS) is 11.1. The number of carbonyl (C=O) groups excluding carboxylic acids is 2. The summed E-state index contributed by atoms with van der Waals surface area (Å²) in [5.41, 5.74) is 0.479. The number of hydrogen-bond donors (Lipinski definition) is 1. The number of anilines is 1. The maximum Gasteiger partial charge on any atom is 0.255 e. The summed E-state index contributed by atoms with van der Waals surface area (Å²) in [5, 5.41) is 3.27. The topological polar surface area (TPSA) is 83.6 Å². The number of nitrogens with one attached hydrogen (secondary N) is 1. The molecule has 0 unspecified atom stereocenters. The fourth-order valence-electron chi connectivity index (χ4n) is 2.56. The Morgan fingerprint density at radius 2 is 1.75 bits per heavy atom. The van der Waals surface area contributed by atoms with E-state index in [-0.39, 0.29) is 22.8 Å². The number of sulfone groups is 1. The van der Waals surface area contributed by atoms with Crippen molar-refractivity contribution in [3.63, 3.8) is 0 Å². The lowest BCUT2D eigenvalue weighted by Crippen LogP contribution is -2.35. The number of likely N-dealkylation sites (N-methyl/N-ethyl adjacent to an activating group) is 1. The zero-order valence-electron chi connectivity index (χ0n) is 15.4. The molecule has 2 aromatic rings. The van der Waals surface area contributed by atoms with Crippen molar-refractivity contribution in [1.82, 2.24) is 4.90 Å². The summed E-state index contributed by atoms with van der Waals surface area (Å²) in [6, 6.07) is 10.6. The van der Waals surface area contributed by atoms with E-state index in [1.54, 1.807) is 31.2 Å². The van der Waals surface area contributed by atoms with Crippen molar-refractivity contribution in [2.75, 3.05) is 24.7 Å². The Morgan fingerprint density at radius 3 is 2.39 bits per heavy atom. The van der Waals surface area contributed by atoms with Gasteiger partial charge in [0.2, 0.25) is 5.91 Å². The molecule has 0 saturated carbocycles. The molecule has 0 aliphatic carbocycles. The van der Waals surface area contributed by atoms with E-state index in [2.05, 4.69) is 5.32 Å². The van der Waals surface area contributed by atoms with Gasteiger partial charge >= 0.3 is 0 Å². The molecule has 0 saturated heterocycles. The fourth-order valence-corrected chi connectivity index (χ4v) is 4.39. The zero-order valence-corrected chi connectivity index (χ0v) is 17.7. The summed E-state index contributed by atoms with van der Waals surface area (Å²) in [5.74, 6) is -1.07. The van der Waals surface area contributed by atoms with Gasteiger partial charge in [-0.3, -0.25) is 9.59 Å². The molecule has 2 aromatic carbocycles. The molecule has 0 heterocycles. The van der Waals surface area contributed by atoms with Crippen LogP contribution in [0.4, 0.5) is 5.69 Å². The van der Waals surface area contributed by atoms with Crippen LogP contribution < -0.4 is 5.32 Å². The van der Waals surface area contributed by atoms with Gasteiger partial charge in [-0.25, -0.2) is 8.42 Å². The van der Waals surface area contributed by atoms with Gasteiger partial charge in [0.25, 0.3) is 5.91 Å². The Bertz CT molecular complexity index is 993. The number of benzene rings is 2. The van der Waals surface area contributed by atoms with E-state index >= 15 is 0 Å². The number of rotatable bonds is 7. The van der Waals surface area contributed by atoms with Crippen molar-refractivity contribution >= 4 is 50.5 Å². The average Bonchev–Trinajstić information content (AvgIpc) is 2.64. The molecule has 150 valence electrons. The second kappa shape index (κ2) is 9.41. The van der Waals surface area contributed by atoms with E-state index < -0.39 is 21.7 Å². The smallest absolute Gasteiger partial charge is 0.255 e. The maximum absolute atomic E-state index is 12.7. The average molecular weight is 443 g/mol. The molecule has 2 rings (SSSR count). The molecule has 0 radical (unpaired) electrons. The third-order valence-corrected chi connectivity index (χ3v) is 6.57. The highest BCUT2D eigenvalue weighted by Gasteiger charge is 2.24. The molecule has 2 amide bonds. The predicted molar refractivity (Wildman–Crippen MR) is 111 cm³/mol. The number of carbonyl (C=O) groups is 2. The first-order chi connectivity index (χ1) is 13.2. The molecule has 0 fully saturated rings. The fraction of sp³-hybridized carbons (Fsp3) is 0.263. The largest absolute Gasteiger partial charge is 0.332 e. The molecule has 0 bridgehead atoms. The Labute approximate surface area is 174 Å². The van der Waals surface area contributed by atoms with Gasteiger partial charge in [0.15, 0.2) is 9.84 Å². The highest BCUT2D eigenvalue weighted by molar-refractivity contribution is 7.91. The lowest BCUT2D eigenvalue weighted by molar-refractivity contribution is -0.116. The van der Waals surface area contributed by atoms with Gasteiger partial charge in [-0.1, -0.05) is 42.3 Å². The summed E-state index contributed by atoms with van der Waals surface area (Å²) in [4.78, 5) is 26.1. The van der Waals surface area contributed by atoms with Crippen LogP contribution in [0, 0.1) is 0 Å². The van der Waals surface area contributed by atoms with E-state index in [9.17, 15) is 18.0 Å². The van der Waals surface area contributed by atoms with Crippen molar-refractivity contribution in [3.8, 4) is 0 Å². The predicted octanol–water partition coefficient (Wildman–Crippen LogP) is 3.89. The second-order valence-corrected chi connectivity index (χ2v) is 9.05. The van der Waals surface area contributed by atoms with Crippen molar-refractivity contribution in [1.29, 1.82) is 0 Å². The van der Waals surface area contributed by atoms with Crippen molar-refractivity contribution in [2.24, 2.45) is 0 Å². The first kappa shape index (κ1) is 22.2. The Balaban J connectivity index is 2.14. The van der Waals surface area contributed by atoms with E-state index in [1.807, 2.05) is 0 Å². The number of halogens is 2. The zero-order chi connectivity index (χ0) is 20.9. The van der Waals surface area contributed by atoms with Gasteiger partial charge in [-0.15, -0.1) is 0 Å². The van der Waals surface area contributed by atoms with Crippen LogP contribution in [0.25, 0.3) is 0 Å². The molecule has 0 atom stereocenters. The molecule has 0 spiro atoms. The molecule has 1 N–H and O–H groups in total. The van der Waals surface area contributed by atoms with Crippen molar-refractivity contribution in [2.45, 2.75) is 18.2 Å². The summed E-state index contributed by atoms with van der Waals surface area (Å²) >= 11 is 11.8. The van der Waals surface area contributed by atoms with E-state index in [4.69, 9.17) is 23.2 Å². The van der Waals surface area contributed by atoms with Gasteiger partial charge in [0.05, 0.1) is 32.8 Å². The van der Waals surface area contributed by atoms with Crippen LogP contribution >= 0.6 is 23.2 Å². The van der Waals surface area contributed by atoms with Gasteiger partial charge in [0, 0.05) is 12.7 Å². The van der Waals surface area contributed by atoms with Crippen LogP contribution in [-0.4, -0.2) is 44.5 Å². The second-order valence-electron chi connectivity index (χ2n) is 6.15. The van der Waals surface area contributed by atoms with Crippen LogP contribution in [0.1, 0.15) is 23.7 Å². The molecule has 0 aliphatic rings. The molecule has 28 heavy (non-hydrogen) atoms. The third-order valence-electron chi connectivity index (χ3n) is 3.86. The molecule has 9 heteroatoms. The lowest BCUT2D eigenvalue weighted by atomic mass is 10.2. The van der Waals surface area contributed by atoms with E-state index in [1.165, 1.54) is 25.2 Å². The van der Waals surface area contributed by atoms with Crippen LogP contribution in [0.2, 0.25) is 10.0 Å². The summed E-state index contributed by atoms with van der Waals surface area (Å²) in [6.45, 7) is 1.49. The van der Waals surface area contributed by atoms with Crippen molar-refractivity contribution < 1.29 is 18.0 Å². The Hall–Kier alpha value is -2.09. The molecule has 0 aromatic heterocycles. The van der Waals surface area contributed by atoms with Gasteiger partial charge in [-0.05, 0) is 36.8 Å². The van der Waals surface area contributed by atoms with Gasteiger partial charge in [-0.2, -0.15) is 0 Å². The van der Waals surface area contributed by atoms with Crippen LogP contribution in [0.3, 0.4) is 0 Å². The number of hydrogen-bond acceptors (Lipinski definition) is 4. The van der Waals surface area contributed by atoms with Crippen LogP contribution in [0.5, 0.6) is 0 Å². The summed E-state index contributed by atoms with van der Waals surface area (Å²) in [7, 11) is -2.15. The number of nitrogens with zero attached hydrogens (tertiary/aromatic N) is 1. The standard InChI is InChI=1S/C19H20Cl2N2O4S/c1-3-10-28(26,27)17-7-5-4-6-14(17)19(25)23(2)12-18(24)22-13-8-9-15(20)16(21)11-13/h4-9,11H,3,10,12H2,1-2H3,(H,22,24). The SMILES string of the molecule is CCCS(=O)(=O)c1ccccc1C(=O)N(C)CC(=O)Nc1ccc(Cl)c(Cl)c1. The summed E-state index contributed by atoms with van der Waals surface area (Å²) < 4.78 is 24.9. The Morgan fingerprint density at radius 1 is 1.07 bits per heavy atom. The molecule has 6 nitrogen and oxygen atoms in total. The first-order valence-electron chi connectivity index (χ1n) is 8.48. The quantitative estimate of drug-likeness (QED) is 0.704. The first-order valence-corrected chi connectivity index (χ1v) is 10.9. The van der Waals surface area contributed by atoms with Crippen LogP contribution in [0.15, 0.2) is 47.4 Å². The van der Waals surface area contributed by atoms with Gasteiger partial charge in [0.1, 0.15) is 0 Å².